The lowest BCUT2D eigenvalue weighted by Crippen LogP contribution is -2.14. The van der Waals surface area contributed by atoms with E-state index in [1.165, 1.54) is 7.11 Å². The number of rotatable bonds is 5. The molecule has 0 aliphatic rings. The van der Waals surface area contributed by atoms with Crippen LogP contribution in [0.25, 0.3) is 10.8 Å². The van der Waals surface area contributed by atoms with Crippen LogP contribution in [0.1, 0.15) is 21.5 Å². The molecule has 0 aromatic heterocycles. The Morgan fingerprint density at radius 2 is 1.59 bits per heavy atom. The van der Waals surface area contributed by atoms with Gasteiger partial charge in [-0.25, -0.2) is 8.42 Å². The molecule has 0 saturated heterocycles. The molecule has 0 aliphatic carbocycles. The van der Waals surface area contributed by atoms with E-state index in [1.807, 2.05) is 24.3 Å². The van der Waals surface area contributed by atoms with E-state index >= 15 is 0 Å². The molecular formula is C26H19NO4S. The molecule has 0 aliphatic heterocycles. The van der Waals surface area contributed by atoms with Crippen LogP contribution in [0.2, 0.25) is 0 Å². The van der Waals surface area contributed by atoms with Crippen molar-refractivity contribution < 1.29 is 17.9 Å². The van der Waals surface area contributed by atoms with Crippen LogP contribution in [0.4, 0.5) is 5.69 Å². The van der Waals surface area contributed by atoms with Crippen LogP contribution in [-0.4, -0.2) is 21.8 Å². The average molecular weight is 442 g/mol. The molecule has 158 valence electrons. The van der Waals surface area contributed by atoms with Crippen molar-refractivity contribution in [3.63, 3.8) is 0 Å². The van der Waals surface area contributed by atoms with Crippen molar-refractivity contribution in [3.05, 3.63) is 102 Å². The maximum Gasteiger partial charge on any atom is 0.261 e. The van der Waals surface area contributed by atoms with Gasteiger partial charge in [0, 0.05) is 22.8 Å². The minimum Gasteiger partial charge on any atom is -0.497 e. The number of hydrogen-bond acceptors (Lipinski definition) is 4. The first kappa shape index (κ1) is 21.2. The molecule has 0 radical (unpaired) electrons. The molecule has 1 N–H and O–H groups in total. The summed E-state index contributed by atoms with van der Waals surface area (Å²) in [4.78, 5) is 11.0. The SMILES string of the molecule is COc1ccc(C#Cc2ccc(C=O)cc2)c(NS(=O)(=O)c2ccc3ccccc3c2)c1. The van der Waals surface area contributed by atoms with Crippen molar-refractivity contribution in [3.8, 4) is 17.6 Å². The van der Waals surface area contributed by atoms with Gasteiger partial charge in [-0.05, 0) is 47.2 Å². The molecule has 0 atom stereocenters. The highest BCUT2D eigenvalue weighted by Crippen LogP contribution is 2.26. The van der Waals surface area contributed by atoms with E-state index in [0.717, 1.165) is 17.1 Å². The highest BCUT2D eigenvalue weighted by molar-refractivity contribution is 7.92. The Bertz CT molecular complexity index is 1460. The number of nitrogens with one attached hydrogen (secondary N) is 1. The zero-order chi connectivity index (χ0) is 22.6. The number of anilines is 1. The molecule has 0 fully saturated rings. The third kappa shape index (κ3) is 4.64. The molecule has 5 nitrogen and oxygen atoms in total. The number of ether oxygens (including phenoxy) is 1. The van der Waals surface area contributed by atoms with Gasteiger partial charge < -0.3 is 4.74 Å². The first-order chi connectivity index (χ1) is 15.5. The number of sulfonamides is 1. The van der Waals surface area contributed by atoms with Gasteiger partial charge in [0.25, 0.3) is 10.0 Å². The van der Waals surface area contributed by atoms with Crippen LogP contribution < -0.4 is 9.46 Å². The van der Waals surface area contributed by atoms with Crippen LogP contribution in [-0.2, 0) is 10.0 Å². The van der Waals surface area contributed by atoms with E-state index in [1.54, 1.807) is 60.7 Å². The van der Waals surface area contributed by atoms with Crippen molar-refractivity contribution in [2.24, 2.45) is 0 Å². The lowest BCUT2D eigenvalue weighted by Gasteiger charge is -2.12. The molecule has 0 unspecified atom stereocenters. The molecule has 0 saturated carbocycles. The number of hydrogen-bond donors (Lipinski definition) is 1. The normalized spacial score (nSPS) is 10.8. The van der Waals surface area contributed by atoms with E-state index < -0.39 is 10.0 Å². The van der Waals surface area contributed by atoms with Gasteiger partial charge in [-0.15, -0.1) is 0 Å². The number of aldehydes is 1. The van der Waals surface area contributed by atoms with Gasteiger partial charge >= 0.3 is 0 Å². The van der Waals surface area contributed by atoms with Gasteiger partial charge in [0.15, 0.2) is 0 Å². The molecule has 32 heavy (non-hydrogen) atoms. The van der Waals surface area contributed by atoms with Gasteiger partial charge in [-0.1, -0.05) is 54.3 Å². The Hall–Kier alpha value is -4.08. The molecule has 0 heterocycles. The Morgan fingerprint density at radius 1 is 0.844 bits per heavy atom. The van der Waals surface area contributed by atoms with Crippen LogP contribution >= 0.6 is 0 Å². The predicted octanol–water partition coefficient (Wildman–Crippen LogP) is 4.86. The molecule has 0 amide bonds. The minimum absolute atomic E-state index is 0.155. The summed E-state index contributed by atoms with van der Waals surface area (Å²) < 4.78 is 34.1. The van der Waals surface area contributed by atoms with Gasteiger partial charge in [0.2, 0.25) is 0 Å². The van der Waals surface area contributed by atoms with E-state index in [4.69, 9.17) is 4.74 Å². The summed E-state index contributed by atoms with van der Waals surface area (Å²) in [6.45, 7) is 0. The summed E-state index contributed by atoms with van der Waals surface area (Å²) in [5.74, 6) is 6.50. The fourth-order valence-corrected chi connectivity index (χ4v) is 4.27. The molecule has 4 aromatic rings. The van der Waals surface area contributed by atoms with E-state index in [9.17, 15) is 13.2 Å². The van der Waals surface area contributed by atoms with Crippen LogP contribution in [0.15, 0.2) is 89.8 Å². The van der Waals surface area contributed by atoms with Gasteiger partial charge in [0.1, 0.15) is 12.0 Å². The number of carbonyl (C=O) groups excluding carboxylic acids is 1. The van der Waals surface area contributed by atoms with E-state index in [0.29, 0.717) is 28.1 Å². The molecule has 4 aromatic carbocycles. The second-order valence-electron chi connectivity index (χ2n) is 7.02. The van der Waals surface area contributed by atoms with Crippen LogP contribution in [0, 0.1) is 11.8 Å². The van der Waals surface area contributed by atoms with Gasteiger partial charge in [-0.3, -0.25) is 9.52 Å². The largest absolute Gasteiger partial charge is 0.497 e. The summed E-state index contributed by atoms with van der Waals surface area (Å²) in [5, 5.41) is 1.79. The first-order valence-corrected chi connectivity index (χ1v) is 11.2. The van der Waals surface area contributed by atoms with Gasteiger partial charge in [0.05, 0.1) is 17.7 Å². The number of benzene rings is 4. The smallest absolute Gasteiger partial charge is 0.261 e. The van der Waals surface area contributed by atoms with E-state index in [2.05, 4.69) is 16.6 Å². The zero-order valence-corrected chi connectivity index (χ0v) is 18.0. The summed E-state index contributed by atoms with van der Waals surface area (Å²) in [6, 6.07) is 24.4. The summed E-state index contributed by atoms with van der Waals surface area (Å²) in [5.41, 5.74) is 2.07. The standard InChI is InChI=1S/C26H19NO4S/c1-31-24-14-12-22(11-10-19-6-8-20(18-28)9-7-19)26(17-24)27-32(29,30)25-15-13-21-4-2-3-5-23(21)16-25/h2-9,12-18,27H,1H3. The molecule has 0 spiro atoms. The van der Waals surface area contributed by atoms with E-state index in [-0.39, 0.29) is 4.90 Å². The highest BCUT2D eigenvalue weighted by Gasteiger charge is 2.17. The van der Waals surface area contributed by atoms with Crippen LogP contribution in [0.3, 0.4) is 0 Å². The second-order valence-corrected chi connectivity index (χ2v) is 8.70. The molecule has 0 bridgehead atoms. The van der Waals surface area contributed by atoms with Crippen molar-refractivity contribution in [1.29, 1.82) is 0 Å². The maximum absolute atomic E-state index is 13.1. The van der Waals surface area contributed by atoms with Crippen molar-refractivity contribution in [2.45, 2.75) is 4.90 Å². The van der Waals surface area contributed by atoms with Crippen molar-refractivity contribution in [2.75, 3.05) is 11.8 Å². The predicted molar refractivity (Wildman–Crippen MR) is 126 cm³/mol. The number of methoxy groups -OCH3 is 1. The fourth-order valence-electron chi connectivity index (χ4n) is 3.17. The minimum atomic E-state index is -3.86. The van der Waals surface area contributed by atoms with Gasteiger partial charge in [-0.2, -0.15) is 0 Å². The summed E-state index contributed by atoms with van der Waals surface area (Å²) in [6.07, 6.45) is 0.764. The lowest BCUT2D eigenvalue weighted by molar-refractivity contribution is 0.112. The third-order valence-electron chi connectivity index (χ3n) is 4.89. The molecule has 4 rings (SSSR count). The maximum atomic E-state index is 13.1. The quantitative estimate of drug-likeness (QED) is 0.355. The average Bonchev–Trinajstić information content (AvgIpc) is 2.83. The molecular weight excluding hydrogens is 422 g/mol. The Balaban J connectivity index is 1.70. The Labute approximate surface area is 186 Å². The number of carbonyl (C=O) groups is 1. The topological polar surface area (TPSA) is 72.5 Å². The zero-order valence-electron chi connectivity index (χ0n) is 17.2. The monoisotopic (exact) mass is 441 g/mol. The lowest BCUT2D eigenvalue weighted by atomic mass is 10.1. The Kier molecular flexibility index (Phi) is 5.93. The fraction of sp³-hybridized carbons (Fsp3) is 0.0385. The summed E-state index contributed by atoms with van der Waals surface area (Å²) in [7, 11) is -2.35. The van der Waals surface area contributed by atoms with Crippen molar-refractivity contribution >= 4 is 32.8 Å². The second kappa shape index (κ2) is 8.96. The molecule has 6 heteroatoms. The highest BCUT2D eigenvalue weighted by atomic mass is 32.2. The van der Waals surface area contributed by atoms with Crippen molar-refractivity contribution in [1.82, 2.24) is 0 Å². The third-order valence-corrected chi connectivity index (χ3v) is 6.25. The first-order valence-electron chi connectivity index (χ1n) is 9.75. The Morgan fingerprint density at radius 3 is 2.31 bits per heavy atom. The van der Waals surface area contributed by atoms with Crippen LogP contribution in [0.5, 0.6) is 5.75 Å². The number of fused-ring (bicyclic) bond motifs is 1. The summed E-state index contributed by atoms with van der Waals surface area (Å²) >= 11 is 0.